The maximum atomic E-state index is 12.3. The molecule has 5 heteroatoms. The van der Waals surface area contributed by atoms with E-state index in [9.17, 15) is 9.59 Å². The van der Waals surface area contributed by atoms with Crippen LogP contribution < -0.4 is 10.1 Å². The van der Waals surface area contributed by atoms with Crippen LogP contribution in [0, 0.1) is 0 Å². The number of methoxy groups -OCH3 is 1. The average molecular weight is 341 g/mol. The second kappa shape index (κ2) is 9.47. The number of rotatable bonds is 8. The molecular weight excluding hydrogens is 318 g/mol. The van der Waals surface area contributed by atoms with Crippen LogP contribution in [0.5, 0.6) is 5.75 Å². The van der Waals surface area contributed by atoms with Gasteiger partial charge in [-0.05, 0) is 30.2 Å². The predicted octanol–water partition coefficient (Wildman–Crippen LogP) is 2.53. The van der Waals surface area contributed by atoms with Gasteiger partial charge in [-0.25, -0.2) is 4.79 Å². The number of benzene rings is 2. The summed E-state index contributed by atoms with van der Waals surface area (Å²) in [5, 5.41) is 2.78. The number of esters is 1. The zero-order valence-electron chi connectivity index (χ0n) is 14.5. The predicted molar refractivity (Wildman–Crippen MR) is 95.4 cm³/mol. The summed E-state index contributed by atoms with van der Waals surface area (Å²) in [6, 6.07) is 16.1. The van der Waals surface area contributed by atoms with E-state index in [1.54, 1.807) is 26.2 Å². The van der Waals surface area contributed by atoms with Crippen molar-refractivity contribution in [2.45, 2.75) is 25.8 Å². The fourth-order valence-corrected chi connectivity index (χ4v) is 2.46. The summed E-state index contributed by atoms with van der Waals surface area (Å²) in [6.07, 6.45) is 0.586. The molecule has 0 unspecified atom stereocenters. The van der Waals surface area contributed by atoms with Gasteiger partial charge in [0.05, 0.1) is 20.1 Å². The molecule has 1 atom stereocenters. The highest BCUT2D eigenvalue weighted by molar-refractivity contribution is 5.85. The van der Waals surface area contributed by atoms with Gasteiger partial charge in [0.2, 0.25) is 5.91 Å². The van der Waals surface area contributed by atoms with Crippen LogP contribution in [0.2, 0.25) is 0 Å². The number of amides is 1. The quantitative estimate of drug-likeness (QED) is 0.750. The number of hydrogen-bond acceptors (Lipinski definition) is 4. The molecule has 1 N–H and O–H groups in total. The van der Waals surface area contributed by atoms with Crippen molar-refractivity contribution in [2.75, 3.05) is 13.7 Å². The van der Waals surface area contributed by atoms with Gasteiger partial charge < -0.3 is 14.8 Å². The van der Waals surface area contributed by atoms with Crippen molar-refractivity contribution in [1.29, 1.82) is 0 Å². The van der Waals surface area contributed by atoms with Crippen LogP contribution >= 0.6 is 0 Å². The van der Waals surface area contributed by atoms with Gasteiger partial charge in [-0.3, -0.25) is 4.79 Å². The Kier molecular flexibility index (Phi) is 7.01. The normalized spacial score (nSPS) is 11.4. The highest BCUT2D eigenvalue weighted by Crippen LogP contribution is 2.12. The van der Waals surface area contributed by atoms with Crippen LogP contribution in [0.4, 0.5) is 0 Å². The summed E-state index contributed by atoms with van der Waals surface area (Å²) in [5.41, 5.74) is 1.81. The Morgan fingerprint density at radius 1 is 1.00 bits per heavy atom. The number of hydrogen-bond donors (Lipinski definition) is 1. The Labute approximate surface area is 148 Å². The Balaban J connectivity index is 2.01. The third-order valence-corrected chi connectivity index (χ3v) is 3.71. The fraction of sp³-hybridized carbons (Fsp3) is 0.300. The lowest BCUT2D eigenvalue weighted by molar-refractivity contribution is -0.147. The third kappa shape index (κ3) is 5.95. The average Bonchev–Trinajstić information content (AvgIpc) is 2.63. The highest BCUT2D eigenvalue weighted by atomic mass is 16.5. The third-order valence-electron chi connectivity index (χ3n) is 3.71. The van der Waals surface area contributed by atoms with Crippen LogP contribution in [0.25, 0.3) is 0 Å². The maximum absolute atomic E-state index is 12.3. The summed E-state index contributed by atoms with van der Waals surface area (Å²) < 4.78 is 10.2. The Morgan fingerprint density at radius 2 is 1.68 bits per heavy atom. The lowest BCUT2D eigenvalue weighted by atomic mass is 10.1. The minimum atomic E-state index is -0.701. The molecule has 0 spiro atoms. The number of carbonyl (C=O) groups excluding carboxylic acids is 2. The second-order valence-electron chi connectivity index (χ2n) is 5.59. The first-order valence-electron chi connectivity index (χ1n) is 8.25. The number of ether oxygens (including phenoxy) is 2. The topological polar surface area (TPSA) is 64.6 Å². The van der Waals surface area contributed by atoms with Crippen molar-refractivity contribution < 1.29 is 19.1 Å². The fourth-order valence-electron chi connectivity index (χ4n) is 2.46. The monoisotopic (exact) mass is 341 g/mol. The molecule has 132 valence electrons. The molecule has 2 aromatic carbocycles. The molecule has 25 heavy (non-hydrogen) atoms. The van der Waals surface area contributed by atoms with E-state index >= 15 is 0 Å². The van der Waals surface area contributed by atoms with Crippen molar-refractivity contribution in [3.8, 4) is 5.75 Å². The van der Waals surface area contributed by atoms with Crippen molar-refractivity contribution >= 4 is 11.9 Å². The number of carbonyl (C=O) groups is 2. The Morgan fingerprint density at radius 3 is 2.28 bits per heavy atom. The van der Waals surface area contributed by atoms with Gasteiger partial charge in [-0.2, -0.15) is 0 Å². The molecule has 0 saturated heterocycles. The van der Waals surface area contributed by atoms with E-state index in [1.165, 1.54) is 0 Å². The zero-order chi connectivity index (χ0) is 18.1. The summed E-state index contributed by atoms with van der Waals surface area (Å²) in [4.78, 5) is 24.5. The van der Waals surface area contributed by atoms with E-state index in [1.807, 2.05) is 42.5 Å². The molecule has 1 amide bonds. The molecule has 0 heterocycles. The van der Waals surface area contributed by atoms with Gasteiger partial charge in [0, 0.05) is 6.42 Å². The molecule has 0 aliphatic heterocycles. The van der Waals surface area contributed by atoms with Gasteiger partial charge in [0.1, 0.15) is 11.8 Å². The van der Waals surface area contributed by atoms with Crippen LogP contribution in [-0.2, 0) is 27.2 Å². The molecule has 0 saturated carbocycles. The standard InChI is InChI=1S/C20H23NO4/c1-3-25-20(23)18(13-15-7-5-4-6-8-15)21-19(22)14-16-9-11-17(24-2)12-10-16/h4-12,18H,3,13-14H2,1-2H3,(H,21,22)/t18-/m0/s1. The summed E-state index contributed by atoms with van der Waals surface area (Å²) >= 11 is 0. The van der Waals surface area contributed by atoms with Crippen molar-refractivity contribution in [2.24, 2.45) is 0 Å². The minimum Gasteiger partial charge on any atom is -0.497 e. The first kappa shape index (κ1) is 18.5. The largest absolute Gasteiger partial charge is 0.497 e. The second-order valence-corrected chi connectivity index (χ2v) is 5.59. The first-order chi connectivity index (χ1) is 12.1. The van der Waals surface area contributed by atoms with Gasteiger partial charge >= 0.3 is 5.97 Å². The van der Waals surface area contributed by atoms with Crippen LogP contribution in [-0.4, -0.2) is 31.6 Å². The lowest BCUT2D eigenvalue weighted by Crippen LogP contribution is -2.44. The molecule has 5 nitrogen and oxygen atoms in total. The lowest BCUT2D eigenvalue weighted by Gasteiger charge is -2.17. The van der Waals surface area contributed by atoms with Gasteiger partial charge in [0.25, 0.3) is 0 Å². The van der Waals surface area contributed by atoms with Crippen molar-refractivity contribution in [1.82, 2.24) is 5.32 Å². The zero-order valence-corrected chi connectivity index (χ0v) is 14.5. The highest BCUT2D eigenvalue weighted by Gasteiger charge is 2.22. The van der Waals surface area contributed by atoms with E-state index in [0.29, 0.717) is 6.42 Å². The minimum absolute atomic E-state index is 0.189. The van der Waals surface area contributed by atoms with E-state index in [4.69, 9.17) is 9.47 Å². The van der Waals surface area contributed by atoms with Gasteiger partial charge in [0.15, 0.2) is 0 Å². The maximum Gasteiger partial charge on any atom is 0.328 e. The van der Waals surface area contributed by atoms with Crippen LogP contribution in [0.1, 0.15) is 18.1 Å². The number of nitrogens with one attached hydrogen (secondary N) is 1. The summed E-state index contributed by atoms with van der Waals surface area (Å²) in [5.74, 6) is 0.0891. The van der Waals surface area contributed by atoms with Gasteiger partial charge in [-0.15, -0.1) is 0 Å². The Bertz CT molecular complexity index is 683. The molecular formula is C20H23NO4. The van der Waals surface area contributed by atoms with Gasteiger partial charge in [-0.1, -0.05) is 42.5 Å². The molecule has 0 radical (unpaired) electrons. The van der Waals surface area contributed by atoms with Crippen molar-refractivity contribution in [3.63, 3.8) is 0 Å². The van der Waals surface area contributed by atoms with Crippen LogP contribution in [0.15, 0.2) is 54.6 Å². The van der Waals surface area contributed by atoms with E-state index in [-0.39, 0.29) is 18.9 Å². The van der Waals surface area contributed by atoms with E-state index in [2.05, 4.69) is 5.32 Å². The molecule has 0 aliphatic carbocycles. The molecule has 0 aromatic heterocycles. The molecule has 0 aliphatic rings. The smallest absolute Gasteiger partial charge is 0.328 e. The van der Waals surface area contributed by atoms with Crippen molar-refractivity contribution in [3.05, 3.63) is 65.7 Å². The molecule has 2 aromatic rings. The summed E-state index contributed by atoms with van der Waals surface area (Å²) in [6.45, 7) is 2.02. The van der Waals surface area contributed by atoms with E-state index < -0.39 is 12.0 Å². The molecule has 0 bridgehead atoms. The SMILES string of the molecule is CCOC(=O)[C@H](Cc1ccccc1)NC(=O)Cc1ccc(OC)cc1. The summed E-state index contributed by atoms with van der Waals surface area (Å²) in [7, 11) is 1.59. The first-order valence-corrected chi connectivity index (χ1v) is 8.25. The van der Waals surface area contributed by atoms with E-state index in [0.717, 1.165) is 16.9 Å². The molecule has 2 rings (SSSR count). The Hall–Kier alpha value is -2.82. The van der Waals surface area contributed by atoms with Crippen LogP contribution in [0.3, 0.4) is 0 Å². The molecule has 0 fully saturated rings.